The monoisotopic (exact) mass is 506 g/mol. The third-order valence-electron chi connectivity index (χ3n) is 10.8. The lowest BCUT2D eigenvalue weighted by molar-refractivity contribution is -0.307. The van der Waals surface area contributed by atoms with Crippen LogP contribution in [0.5, 0.6) is 0 Å². The van der Waals surface area contributed by atoms with E-state index in [9.17, 15) is 19.8 Å². The molecule has 4 aliphatic carbocycles. The summed E-state index contributed by atoms with van der Waals surface area (Å²) in [4.78, 5) is 27.3. The number of rotatable bonds is 7. The molecule has 8 heteroatoms. The predicted molar refractivity (Wildman–Crippen MR) is 129 cm³/mol. The molecule has 5 aliphatic rings. The highest BCUT2D eigenvalue weighted by Gasteiger charge is 2.84. The van der Waals surface area contributed by atoms with Crippen LogP contribution in [0.15, 0.2) is 11.6 Å². The summed E-state index contributed by atoms with van der Waals surface area (Å²) in [6, 6.07) is 0. The number of fused-ring (bicyclic) bond motifs is 2. The van der Waals surface area contributed by atoms with Gasteiger partial charge in [0.25, 0.3) is 0 Å². The molecular formula is C28H42O8. The summed E-state index contributed by atoms with van der Waals surface area (Å²) < 4.78 is 23.2. The number of methoxy groups -OCH3 is 2. The van der Waals surface area contributed by atoms with E-state index in [4.69, 9.17) is 18.9 Å². The fraction of sp³-hybridized carbons (Fsp3) is 0.857. The zero-order valence-corrected chi connectivity index (χ0v) is 22.3. The van der Waals surface area contributed by atoms with Crippen LogP contribution in [0.25, 0.3) is 0 Å². The van der Waals surface area contributed by atoms with E-state index in [0.717, 1.165) is 31.1 Å². The number of aldehydes is 1. The molecular weight excluding hydrogens is 464 g/mol. The minimum absolute atomic E-state index is 0.0215. The van der Waals surface area contributed by atoms with Crippen molar-refractivity contribution in [2.75, 3.05) is 20.8 Å². The number of esters is 1. The Balaban J connectivity index is 1.59. The number of carbonyl (C=O) groups excluding carboxylic acids is 2. The molecule has 4 fully saturated rings. The van der Waals surface area contributed by atoms with E-state index in [1.165, 1.54) is 14.2 Å². The molecule has 0 aromatic rings. The predicted octanol–water partition coefficient (Wildman–Crippen LogP) is 2.50. The highest BCUT2D eigenvalue weighted by molar-refractivity contribution is 5.91. The van der Waals surface area contributed by atoms with Crippen LogP contribution in [0.4, 0.5) is 0 Å². The zero-order valence-electron chi connectivity index (χ0n) is 22.3. The molecule has 3 saturated carbocycles. The van der Waals surface area contributed by atoms with Crippen molar-refractivity contribution in [2.45, 2.75) is 84.1 Å². The molecule has 5 rings (SSSR count). The van der Waals surface area contributed by atoms with Crippen LogP contribution in [0.3, 0.4) is 0 Å². The van der Waals surface area contributed by atoms with Gasteiger partial charge in [-0.05, 0) is 55.8 Å². The van der Waals surface area contributed by atoms with Crippen molar-refractivity contribution < 1.29 is 38.7 Å². The number of hydrogen-bond donors (Lipinski definition) is 2. The van der Waals surface area contributed by atoms with Crippen LogP contribution in [-0.4, -0.2) is 74.0 Å². The van der Waals surface area contributed by atoms with Gasteiger partial charge >= 0.3 is 5.97 Å². The number of aliphatic hydroxyl groups excluding tert-OH is 2. The smallest absolute Gasteiger partial charge is 0.317 e. The lowest BCUT2D eigenvalue weighted by atomic mass is 9.43. The van der Waals surface area contributed by atoms with E-state index < -0.39 is 47.0 Å². The summed E-state index contributed by atoms with van der Waals surface area (Å²) in [6.07, 6.45) is 1.94. The SMILES string of the molecule is COC(=O)[C@@]12C(C(C)C)=C[C@H]3C[C@]1(C=O)[C@@H]1CC[C@@H](C)[C@H]1C[C@]32CO[C@@H]1O[C@@H](C)[C@@H](OC)[C@H](O)[C@H]1O. The third-order valence-corrected chi connectivity index (χ3v) is 10.8. The normalized spacial score (nSPS) is 51.2. The lowest BCUT2D eigenvalue weighted by Crippen LogP contribution is -2.64. The van der Waals surface area contributed by atoms with Crippen molar-refractivity contribution in [3.8, 4) is 0 Å². The highest BCUT2D eigenvalue weighted by atomic mass is 16.7. The zero-order chi connectivity index (χ0) is 26.2. The molecule has 0 spiro atoms. The number of allylic oxidation sites excluding steroid dienone is 1. The number of hydrogen-bond acceptors (Lipinski definition) is 8. The maximum absolute atomic E-state index is 14.0. The Morgan fingerprint density at radius 3 is 2.53 bits per heavy atom. The van der Waals surface area contributed by atoms with Gasteiger partial charge in [0.05, 0.1) is 25.2 Å². The Bertz CT molecular complexity index is 933. The summed E-state index contributed by atoms with van der Waals surface area (Å²) in [5.41, 5.74) is -1.65. The Labute approximate surface area is 213 Å². The number of ether oxygens (including phenoxy) is 4. The second-order valence-electron chi connectivity index (χ2n) is 12.4. The van der Waals surface area contributed by atoms with Gasteiger partial charge < -0.3 is 34.0 Å². The van der Waals surface area contributed by atoms with Crippen LogP contribution in [0.2, 0.25) is 0 Å². The molecule has 1 heterocycles. The van der Waals surface area contributed by atoms with Gasteiger partial charge in [-0.2, -0.15) is 0 Å². The van der Waals surface area contributed by atoms with Gasteiger partial charge in [0, 0.05) is 12.5 Å². The third kappa shape index (κ3) is 2.99. The molecule has 1 saturated heterocycles. The summed E-state index contributed by atoms with van der Waals surface area (Å²) in [6.45, 7) is 8.30. The van der Waals surface area contributed by atoms with Crippen LogP contribution in [0.1, 0.15) is 53.4 Å². The van der Waals surface area contributed by atoms with Gasteiger partial charge in [-0.15, -0.1) is 0 Å². The molecule has 0 aromatic carbocycles. The van der Waals surface area contributed by atoms with Crippen molar-refractivity contribution in [3.63, 3.8) is 0 Å². The van der Waals surface area contributed by atoms with Crippen molar-refractivity contribution in [2.24, 2.45) is 45.8 Å². The van der Waals surface area contributed by atoms with E-state index in [2.05, 4.69) is 26.8 Å². The average molecular weight is 507 g/mol. The van der Waals surface area contributed by atoms with Crippen LogP contribution in [-0.2, 0) is 28.5 Å². The van der Waals surface area contributed by atoms with Crippen LogP contribution < -0.4 is 0 Å². The molecule has 36 heavy (non-hydrogen) atoms. The van der Waals surface area contributed by atoms with Crippen LogP contribution in [0, 0.1) is 45.8 Å². The van der Waals surface area contributed by atoms with Gasteiger partial charge in [0.1, 0.15) is 30.0 Å². The molecule has 0 aromatic heterocycles. The molecule has 0 radical (unpaired) electrons. The van der Waals surface area contributed by atoms with Crippen molar-refractivity contribution in [3.05, 3.63) is 11.6 Å². The van der Waals surface area contributed by atoms with Gasteiger partial charge in [-0.25, -0.2) is 0 Å². The largest absolute Gasteiger partial charge is 0.468 e. The van der Waals surface area contributed by atoms with Crippen molar-refractivity contribution in [1.29, 1.82) is 0 Å². The molecule has 4 bridgehead atoms. The fourth-order valence-corrected chi connectivity index (χ4v) is 9.47. The Morgan fingerprint density at radius 2 is 1.92 bits per heavy atom. The van der Waals surface area contributed by atoms with Crippen molar-refractivity contribution >= 4 is 12.3 Å². The van der Waals surface area contributed by atoms with Crippen LogP contribution >= 0.6 is 0 Å². The van der Waals surface area contributed by atoms with E-state index >= 15 is 0 Å². The Hall–Kier alpha value is -1.32. The molecule has 1 aliphatic heterocycles. The molecule has 0 amide bonds. The van der Waals surface area contributed by atoms with E-state index in [0.29, 0.717) is 18.3 Å². The quantitative estimate of drug-likeness (QED) is 0.308. The summed E-state index contributed by atoms with van der Waals surface area (Å²) in [7, 11) is 2.88. The first kappa shape index (κ1) is 26.3. The minimum Gasteiger partial charge on any atom is -0.468 e. The number of carbonyl (C=O) groups is 2. The first-order valence-electron chi connectivity index (χ1n) is 13.5. The highest BCUT2D eigenvalue weighted by Crippen LogP contribution is 2.82. The summed E-state index contributed by atoms with van der Waals surface area (Å²) in [5.74, 6) is 0.571. The van der Waals surface area contributed by atoms with Gasteiger partial charge in [0.2, 0.25) is 0 Å². The van der Waals surface area contributed by atoms with Crippen molar-refractivity contribution in [1.82, 2.24) is 0 Å². The topological polar surface area (TPSA) is 112 Å². The lowest BCUT2D eigenvalue weighted by Gasteiger charge is -2.59. The van der Waals surface area contributed by atoms with Gasteiger partial charge in [-0.1, -0.05) is 38.8 Å². The molecule has 202 valence electrons. The first-order chi connectivity index (χ1) is 17.1. The second-order valence-corrected chi connectivity index (χ2v) is 12.4. The molecule has 0 unspecified atom stereocenters. The number of aliphatic hydroxyl groups is 2. The van der Waals surface area contributed by atoms with E-state index in [1.807, 2.05) is 0 Å². The average Bonchev–Trinajstić information content (AvgIpc) is 3.42. The van der Waals surface area contributed by atoms with Gasteiger partial charge in [0.15, 0.2) is 6.29 Å². The maximum atomic E-state index is 14.0. The Morgan fingerprint density at radius 1 is 1.19 bits per heavy atom. The molecule has 12 atom stereocenters. The first-order valence-corrected chi connectivity index (χ1v) is 13.5. The standard InChI is InChI=1S/C28H42O8/c1-14(2)20-9-17-10-26(12-29)19-8-7-15(3)18(19)11-27(17,28(20,26)25(32)34-6)13-35-24-22(31)21(30)23(33-5)16(4)36-24/h9,12,14-19,21-24,30-31H,7-8,10-11,13H2,1-6H3/t15-,16+,17+,18-,19-,21-,22-,23-,24-,26+,27+,28+/m1/s1. The molecule has 8 nitrogen and oxygen atoms in total. The van der Waals surface area contributed by atoms with E-state index in [1.54, 1.807) is 6.92 Å². The summed E-state index contributed by atoms with van der Waals surface area (Å²) >= 11 is 0. The second kappa shape index (κ2) is 8.87. The Kier molecular flexibility index (Phi) is 6.48. The van der Waals surface area contributed by atoms with Gasteiger partial charge in [-0.3, -0.25) is 4.79 Å². The maximum Gasteiger partial charge on any atom is 0.317 e. The van der Waals surface area contributed by atoms with E-state index in [-0.39, 0.29) is 30.3 Å². The fourth-order valence-electron chi connectivity index (χ4n) is 9.47. The minimum atomic E-state index is -1.30. The summed E-state index contributed by atoms with van der Waals surface area (Å²) in [5, 5.41) is 21.4. The molecule has 2 N–H and O–H groups in total.